The van der Waals surface area contributed by atoms with Gasteiger partial charge in [0.05, 0.1) is 11.9 Å². The molecule has 2 aromatic carbocycles. The zero-order chi connectivity index (χ0) is 21.5. The van der Waals surface area contributed by atoms with Gasteiger partial charge >= 0.3 is 6.03 Å². The lowest BCUT2D eigenvalue weighted by molar-refractivity contribution is 0.143. The van der Waals surface area contributed by atoms with Gasteiger partial charge in [0.2, 0.25) is 0 Å². The number of carbonyl (C=O) groups is 1. The summed E-state index contributed by atoms with van der Waals surface area (Å²) in [5.41, 5.74) is 2.69. The molecule has 0 radical (unpaired) electrons. The second-order valence-electron chi connectivity index (χ2n) is 7.50. The maximum absolute atomic E-state index is 13.2. The number of ether oxygens (including phenoxy) is 1. The zero-order valence-electron chi connectivity index (χ0n) is 17.2. The van der Waals surface area contributed by atoms with E-state index in [1.54, 1.807) is 24.5 Å². The van der Waals surface area contributed by atoms with Gasteiger partial charge in [0.25, 0.3) is 0 Å². The molecule has 0 spiro atoms. The van der Waals surface area contributed by atoms with Crippen molar-refractivity contribution in [2.75, 3.05) is 31.5 Å². The summed E-state index contributed by atoms with van der Waals surface area (Å²) in [6.07, 6.45) is 3.32. The van der Waals surface area contributed by atoms with Crippen LogP contribution in [0.15, 0.2) is 73.1 Å². The van der Waals surface area contributed by atoms with Crippen LogP contribution < -0.4 is 10.1 Å². The maximum atomic E-state index is 13.2. The molecule has 0 bridgehead atoms. The SMILES string of the molecule is O=C(Nc1cccnc1)N1CCN(Cc2ccc(OCc3cccc(F)c3)cc2)CC1. The number of rotatable bonds is 6. The third kappa shape index (κ3) is 6.02. The van der Waals surface area contributed by atoms with Crippen molar-refractivity contribution in [3.05, 3.63) is 90.0 Å². The van der Waals surface area contributed by atoms with Crippen LogP contribution >= 0.6 is 0 Å². The lowest BCUT2D eigenvalue weighted by Gasteiger charge is -2.34. The molecule has 4 rings (SSSR count). The summed E-state index contributed by atoms with van der Waals surface area (Å²) in [6, 6.07) is 17.9. The van der Waals surface area contributed by atoms with Gasteiger partial charge in [0, 0.05) is 38.9 Å². The average molecular weight is 420 g/mol. The Kier molecular flexibility index (Phi) is 6.74. The molecule has 1 aliphatic heterocycles. The topological polar surface area (TPSA) is 57.7 Å². The number of pyridine rings is 1. The van der Waals surface area contributed by atoms with Gasteiger partial charge in [-0.25, -0.2) is 9.18 Å². The number of nitrogens with zero attached hydrogens (tertiary/aromatic N) is 3. The van der Waals surface area contributed by atoms with Crippen molar-refractivity contribution in [3.8, 4) is 5.75 Å². The third-order valence-corrected chi connectivity index (χ3v) is 5.20. The highest BCUT2D eigenvalue weighted by atomic mass is 19.1. The summed E-state index contributed by atoms with van der Waals surface area (Å²) in [4.78, 5) is 20.6. The average Bonchev–Trinajstić information content (AvgIpc) is 2.80. The molecule has 0 unspecified atom stereocenters. The summed E-state index contributed by atoms with van der Waals surface area (Å²) in [7, 11) is 0. The first-order valence-corrected chi connectivity index (χ1v) is 10.3. The number of amides is 2. The molecule has 160 valence electrons. The number of benzene rings is 2. The second kappa shape index (κ2) is 10.0. The first-order valence-electron chi connectivity index (χ1n) is 10.3. The van der Waals surface area contributed by atoms with E-state index >= 15 is 0 Å². The predicted molar refractivity (Wildman–Crippen MR) is 117 cm³/mol. The Balaban J connectivity index is 1.22. The fourth-order valence-electron chi connectivity index (χ4n) is 3.49. The molecule has 1 fully saturated rings. The molecule has 0 aliphatic carbocycles. The molecule has 0 atom stereocenters. The van der Waals surface area contributed by atoms with Crippen LogP contribution in [0.2, 0.25) is 0 Å². The van der Waals surface area contributed by atoms with Crippen LogP contribution in [-0.2, 0) is 13.2 Å². The number of anilines is 1. The molecular formula is C24H25FN4O2. The van der Waals surface area contributed by atoms with E-state index in [2.05, 4.69) is 15.2 Å². The molecule has 6 nitrogen and oxygen atoms in total. The lowest BCUT2D eigenvalue weighted by Crippen LogP contribution is -2.49. The van der Waals surface area contributed by atoms with Crippen LogP contribution in [0, 0.1) is 5.82 Å². The summed E-state index contributed by atoms with van der Waals surface area (Å²) in [5, 5.41) is 2.88. The van der Waals surface area contributed by atoms with Crippen LogP contribution in [-0.4, -0.2) is 47.0 Å². The van der Waals surface area contributed by atoms with Crippen molar-refractivity contribution >= 4 is 11.7 Å². The Hall–Kier alpha value is -3.45. The number of halogens is 1. The molecular weight excluding hydrogens is 395 g/mol. The van der Waals surface area contributed by atoms with Crippen LogP contribution in [0.4, 0.5) is 14.9 Å². The van der Waals surface area contributed by atoms with E-state index in [-0.39, 0.29) is 11.8 Å². The summed E-state index contributed by atoms with van der Waals surface area (Å²) in [5.74, 6) is 0.496. The van der Waals surface area contributed by atoms with Gasteiger partial charge in [-0.1, -0.05) is 24.3 Å². The second-order valence-corrected chi connectivity index (χ2v) is 7.50. The molecule has 31 heavy (non-hydrogen) atoms. The highest BCUT2D eigenvalue weighted by Crippen LogP contribution is 2.17. The first kappa shape index (κ1) is 20.8. The Morgan fingerprint density at radius 3 is 2.52 bits per heavy atom. The minimum Gasteiger partial charge on any atom is -0.489 e. The van der Waals surface area contributed by atoms with E-state index in [0.29, 0.717) is 25.4 Å². The van der Waals surface area contributed by atoms with E-state index in [1.165, 1.54) is 17.7 Å². The molecule has 2 heterocycles. The Morgan fingerprint density at radius 2 is 1.81 bits per heavy atom. The summed E-state index contributed by atoms with van der Waals surface area (Å²) < 4.78 is 19.0. The zero-order valence-corrected chi connectivity index (χ0v) is 17.2. The fourth-order valence-corrected chi connectivity index (χ4v) is 3.49. The van der Waals surface area contributed by atoms with Gasteiger partial charge in [0.15, 0.2) is 0 Å². The minimum atomic E-state index is -0.258. The van der Waals surface area contributed by atoms with E-state index in [1.807, 2.05) is 41.3 Å². The van der Waals surface area contributed by atoms with Gasteiger partial charge in [-0.3, -0.25) is 9.88 Å². The van der Waals surface area contributed by atoms with E-state index in [9.17, 15) is 9.18 Å². The van der Waals surface area contributed by atoms with Crippen molar-refractivity contribution in [2.45, 2.75) is 13.2 Å². The quantitative estimate of drug-likeness (QED) is 0.651. The van der Waals surface area contributed by atoms with Crippen LogP contribution in [0.25, 0.3) is 0 Å². The molecule has 3 aromatic rings. The number of hydrogen-bond donors (Lipinski definition) is 1. The Morgan fingerprint density at radius 1 is 1.00 bits per heavy atom. The molecule has 0 saturated carbocycles. The van der Waals surface area contributed by atoms with Crippen molar-refractivity contribution in [1.29, 1.82) is 0 Å². The Labute approximate surface area is 181 Å². The van der Waals surface area contributed by atoms with Crippen LogP contribution in [0.5, 0.6) is 5.75 Å². The number of piperazine rings is 1. The summed E-state index contributed by atoms with van der Waals surface area (Å²) >= 11 is 0. The molecule has 7 heteroatoms. The maximum Gasteiger partial charge on any atom is 0.321 e. The number of nitrogens with one attached hydrogen (secondary N) is 1. The molecule has 1 aromatic heterocycles. The van der Waals surface area contributed by atoms with Crippen molar-refractivity contribution in [3.63, 3.8) is 0 Å². The minimum absolute atomic E-state index is 0.0903. The summed E-state index contributed by atoms with van der Waals surface area (Å²) in [6.45, 7) is 4.15. The highest BCUT2D eigenvalue weighted by molar-refractivity contribution is 5.89. The number of carbonyl (C=O) groups excluding carboxylic acids is 1. The Bertz CT molecular complexity index is 990. The van der Waals surface area contributed by atoms with Gasteiger partial charge in [-0.15, -0.1) is 0 Å². The van der Waals surface area contributed by atoms with Crippen molar-refractivity contribution < 1.29 is 13.9 Å². The smallest absolute Gasteiger partial charge is 0.321 e. The van der Waals surface area contributed by atoms with Gasteiger partial charge in [-0.2, -0.15) is 0 Å². The molecule has 1 N–H and O–H groups in total. The monoisotopic (exact) mass is 420 g/mol. The van der Waals surface area contributed by atoms with Crippen molar-refractivity contribution in [1.82, 2.24) is 14.8 Å². The van der Waals surface area contributed by atoms with Gasteiger partial charge in [0.1, 0.15) is 18.2 Å². The van der Waals surface area contributed by atoms with Gasteiger partial charge in [-0.05, 0) is 47.5 Å². The number of aromatic nitrogens is 1. The first-order chi connectivity index (χ1) is 15.2. The molecule has 2 amide bonds. The predicted octanol–water partition coefficient (Wildman–Crippen LogP) is 4.15. The van der Waals surface area contributed by atoms with E-state index in [4.69, 9.17) is 4.74 Å². The van der Waals surface area contributed by atoms with Crippen molar-refractivity contribution in [2.24, 2.45) is 0 Å². The molecule has 1 saturated heterocycles. The van der Waals surface area contributed by atoms with Gasteiger partial charge < -0.3 is 15.0 Å². The normalized spacial score (nSPS) is 14.3. The molecule has 1 aliphatic rings. The highest BCUT2D eigenvalue weighted by Gasteiger charge is 2.21. The lowest BCUT2D eigenvalue weighted by atomic mass is 10.2. The number of urea groups is 1. The largest absolute Gasteiger partial charge is 0.489 e. The fraction of sp³-hybridized carbons (Fsp3) is 0.250. The van der Waals surface area contributed by atoms with Crippen LogP contribution in [0.3, 0.4) is 0 Å². The third-order valence-electron chi connectivity index (χ3n) is 5.20. The van der Waals surface area contributed by atoms with Crippen LogP contribution in [0.1, 0.15) is 11.1 Å². The van der Waals surface area contributed by atoms with E-state index in [0.717, 1.165) is 30.9 Å². The standard InChI is InChI=1S/C24H25FN4O2/c25-21-4-1-3-20(15-21)18-31-23-8-6-19(7-9-23)17-28-11-13-29(14-12-28)24(30)27-22-5-2-10-26-16-22/h1-10,15-16H,11-14,17-18H2,(H,27,30). The number of hydrogen-bond acceptors (Lipinski definition) is 4. The van der Waals surface area contributed by atoms with E-state index < -0.39 is 0 Å².